The highest BCUT2D eigenvalue weighted by atomic mass is 35.5. The minimum absolute atomic E-state index is 0.464. The smallest absolute Gasteiger partial charge is 0.147 e. The molecule has 1 aromatic rings. The molecule has 1 saturated heterocycles. The highest BCUT2D eigenvalue weighted by molar-refractivity contribution is 6.33. The van der Waals surface area contributed by atoms with Crippen molar-refractivity contribution in [2.24, 2.45) is 11.7 Å². The largest absolute Gasteiger partial charge is 0.352 e. The summed E-state index contributed by atoms with van der Waals surface area (Å²) < 4.78 is 0. The number of nitrogens with zero attached hydrogens (tertiary/aromatic N) is 2. The van der Waals surface area contributed by atoms with Gasteiger partial charge in [0.05, 0.1) is 5.02 Å². The first-order valence-corrected chi connectivity index (χ1v) is 6.61. The summed E-state index contributed by atoms with van der Waals surface area (Å²) >= 11 is 6.37. The molecular formula is C13H20ClN3. The molecule has 0 aromatic carbocycles. The van der Waals surface area contributed by atoms with Crippen molar-refractivity contribution in [3.05, 3.63) is 22.8 Å². The minimum Gasteiger partial charge on any atom is -0.352 e. The van der Waals surface area contributed by atoms with E-state index in [4.69, 9.17) is 17.3 Å². The lowest BCUT2D eigenvalue weighted by Gasteiger charge is -2.38. The third kappa shape index (κ3) is 2.55. The normalized spacial score (nSPS) is 25.1. The van der Waals surface area contributed by atoms with Gasteiger partial charge in [-0.2, -0.15) is 0 Å². The molecule has 3 nitrogen and oxygen atoms in total. The van der Waals surface area contributed by atoms with Crippen molar-refractivity contribution in [3.8, 4) is 0 Å². The van der Waals surface area contributed by atoms with E-state index in [0.29, 0.717) is 18.5 Å². The van der Waals surface area contributed by atoms with Crippen molar-refractivity contribution in [2.45, 2.75) is 39.3 Å². The van der Waals surface area contributed by atoms with Crippen LogP contribution in [0.2, 0.25) is 5.02 Å². The summed E-state index contributed by atoms with van der Waals surface area (Å²) in [5.41, 5.74) is 6.65. The van der Waals surface area contributed by atoms with Gasteiger partial charge in [-0.25, -0.2) is 4.98 Å². The highest BCUT2D eigenvalue weighted by Crippen LogP contribution is 2.32. The first kappa shape index (κ1) is 12.7. The Morgan fingerprint density at radius 2 is 2.24 bits per heavy atom. The number of hydrogen-bond acceptors (Lipinski definition) is 3. The van der Waals surface area contributed by atoms with E-state index in [2.05, 4.69) is 23.7 Å². The SMILES string of the molecule is CC1CCC(C)N(c2nccc(CN)c2Cl)C1. The molecule has 0 aliphatic carbocycles. The Hall–Kier alpha value is -0.800. The first-order chi connectivity index (χ1) is 8.13. The van der Waals surface area contributed by atoms with Gasteiger partial charge >= 0.3 is 0 Å². The van der Waals surface area contributed by atoms with E-state index in [9.17, 15) is 0 Å². The van der Waals surface area contributed by atoms with Crippen molar-refractivity contribution in [1.29, 1.82) is 0 Å². The third-order valence-corrected chi connectivity index (χ3v) is 3.97. The van der Waals surface area contributed by atoms with E-state index in [1.165, 1.54) is 12.8 Å². The number of aromatic nitrogens is 1. The minimum atomic E-state index is 0.464. The number of nitrogens with two attached hydrogens (primary N) is 1. The predicted octanol–water partition coefficient (Wildman–Crippen LogP) is 2.82. The molecule has 0 saturated carbocycles. The Kier molecular flexibility index (Phi) is 3.89. The van der Waals surface area contributed by atoms with Crippen LogP contribution in [0.5, 0.6) is 0 Å². The molecule has 2 rings (SSSR count). The molecule has 2 unspecified atom stereocenters. The molecule has 1 aromatic heterocycles. The van der Waals surface area contributed by atoms with Crippen LogP contribution in [0.4, 0.5) is 5.82 Å². The van der Waals surface area contributed by atoms with Crippen LogP contribution >= 0.6 is 11.6 Å². The maximum Gasteiger partial charge on any atom is 0.147 e. The number of piperidine rings is 1. The lowest BCUT2D eigenvalue weighted by Crippen LogP contribution is -2.41. The molecule has 2 N–H and O–H groups in total. The Morgan fingerprint density at radius 3 is 2.94 bits per heavy atom. The average Bonchev–Trinajstić information content (AvgIpc) is 2.33. The van der Waals surface area contributed by atoms with Gasteiger partial charge in [0.25, 0.3) is 0 Å². The van der Waals surface area contributed by atoms with Gasteiger partial charge in [0, 0.05) is 25.3 Å². The van der Waals surface area contributed by atoms with E-state index < -0.39 is 0 Å². The van der Waals surface area contributed by atoms with Crippen LogP contribution in [-0.2, 0) is 6.54 Å². The third-order valence-electron chi connectivity index (χ3n) is 3.56. The second kappa shape index (κ2) is 5.23. The number of rotatable bonds is 2. The molecule has 2 atom stereocenters. The zero-order valence-electron chi connectivity index (χ0n) is 10.5. The Morgan fingerprint density at radius 1 is 1.47 bits per heavy atom. The summed E-state index contributed by atoms with van der Waals surface area (Å²) in [6, 6.07) is 2.40. The van der Waals surface area contributed by atoms with Gasteiger partial charge in [0.2, 0.25) is 0 Å². The van der Waals surface area contributed by atoms with Crippen LogP contribution < -0.4 is 10.6 Å². The second-order valence-corrected chi connectivity index (χ2v) is 5.37. The fraction of sp³-hybridized carbons (Fsp3) is 0.615. The van der Waals surface area contributed by atoms with Crippen LogP contribution in [-0.4, -0.2) is 17.6 Å². The standard InChI is InChI=1S/C13H20ClN3/c1-9-3-4-10(2)17(8-9)13-12(14)11(7-15)5-6-16-13/h5-6,9-10H,3-4,7-8,15H2,1-2H3. The summed E-state index contributed by atoms with van der Waals surface area (Å²) in [7, 11) is 0. The van der Waals surface area contributed by atoms with E-state index in [-0.39, 0.29) is 0 Å². The lowest BCUT2D eigenvalue weighted by molar-refractivity contribution is 0.388. The van der Waals surface area contributed by atoms with Crippen molar-refractivity contribution < 1.29 is 0 Å². The van der Waals surface area contributed by atoms with Crippen molar-refractivity contribution in [3.63, 3.8) is 0 Å². The van der Waals surface area contributed by atoms with Gasteiger partial charge in [-0.3, -0.25) is 0 Å². The van der Waals surface area contributed by atoms with Gasteiger partial charge in [-0.1, -0.05) is 18.5 Å². The quantitative estimate of drug-likeness (QED) is 0.881. The van der Waals surface area contributed by atoms with Crippen molar-refractivity contribution in [1.82, 2.24) is 4.98 Å². The predicted molar refractivity (Wildman–Crippen MR) is 72.3 cm³/mol. The van der Waals surface area contributed by atoms with Crippen LogP contribution in [0, 0.1) is 5.92 Å². The zero-order valence-corrected chi connectivity index (χ0v) is 11.2. The number of hydrogen-bond donors (Lipinski definition) is 1. The molecular weight excluding hydrogens is 234 g/mol. The van der Waals surface area contributed by atoms with Crippen LogP contribution in [0.15, 0.2) is 12.3 Å². The van der Waals surface area contributed by atoms with E-state index in [1.54, 1.807) is 6.20 Å². The molecule has 1 aliphatic heterocycles. The average molecular weight is 254 g/mol. The highest BCUT2D eigenvalue weighted by Gasteiger charge is 2.25. The fourth-order valence-electron chi connectivity index (χ4n) is 2.41. The maximum absolute atomic E-state index is 6.37. The Balaban J connectivity index is 2.32. The van der Waals surface area contributed by atoms with Gasteiger partial charge in [-0.15, -0.1) is 0 Å². The molecule has 0 spiro atoms. The van der Waals surface area contributed by atoms with Crippen LogP contribution in [0.1, 0.15) is 32.3 Å². The van der Waals surface area contributed by atoms with Crippen LogP contribution in [0.25, 0.3) is 0 Å². The molecule has 0 amide bonds. The summed E-state index contributed by atoms with van der Waals surface area (Å²) in [6.07, 6.45) is 4.29. The van der Waals surface area contributed by atoms with Crippen LogP contribution in [0.3, 0.4) is 0 Å². The zero-order chi connectivity index (χ0) is 12.4. The molecule has 1 aliphatic rings. The molecule has 4 heteroatoms. The van der Waals surface area contributed by atoms with Gasteiger partial charge < -0.3 is 10.6 Å². The lowest BCUT2D eigenvalue weighted by atomic mass is 9.95. The van der Waals surface area contributed by atoms with Crippen molar-refractivity contribution >= 4 is 17.4 Å². The molecule has 0 bridgehead atoms. The topological polar surface area (TPSA) is 42.2 Å². The Bertz CT molecular complexity index is 394. The van der Waals surface area contributed by atoms with E-state index in [1.807, 2.05) is 6.07 Å². The summed E-state index contributed by atoms with van der Waals surface area (Å²) in [6.45, 7) is 6.01. The molecule has 2 heterocycles. The van der Waals surface area contributed by atoms with Gasteiger partial charge in [0.1, 0.15) is 5.82 Å². The molecule has 94 valence electrons. The number of halogens is 1. The first-order valence-electron chi connectivity index (χ1n) is 6.23. The van der Waals surface area contributed by atoms with E-state index >= 15 is 0 Å². The second-order valence-electron chi connectivity index (χ2n) is 5.00. The van der Waals surface area contributed by atoms with Gasteiger partial charge in [0.15, 0.2) is 0 Å². The maximum atomic E-state index is 6.37. The summed E-state index contributed by atoms with van der Waals surface area (Å²) in [4.78, 5) is 6.75. The monoisotopic (exact) mass is 253 g/mol. The summed E-state index contributed by atoms with van der Waals surface area (Å²) in [5, 5.41) is 0.718. The van der Waals surface area contributed by atoms with Crippen molar-refractivity contribution in [2.75, 3.05) is 11.4 Å². The molecule has 0 radical (unpaired) electrons. The fourth-order valence-corrected chi connectivity index (χ4v) is 2.71. The van der Waals surface area contributed by atoms with E-state index in [0.717, 1.165) is 22.9 Å². The number of pyridine rings is 1. The summed E-state index contributed by atoms with van der Waals surface area (Å²) in [5.74, 6) is 1.60. The number of anilines is 1. The Labute approximate surface area is 108 Å². The van der Waals surface area contributed by atoms with Gasteiger partial charge in [-0.05, 0) is 37.3 Å². The molecule has 1 fully saturated rings. The molecule has 17 heavy (non-hydrogen) atoms.